The molecule has 2 aromatic carbocycles. The number of rotatable bonds is 6. The molecule has 0 saturated heterocycles. The van der Waals surface area contributed by atoms with Gasteiger partial charge in [-0.05, 0) is 49.8 Å². The molecule has 0 aliphatic carbocycles. The van der Waals surface area contributed by atoms with Gasteiger partial charge in [0.2, 0.25) is 0 Å². The summed E-state index contributed by atoms with van der Waals surface area (Å²) in [7, 11) is 4.06. The fourth-order valence-electron chi connectivity index (χ4n) is 2.29. The highest BCUT2D eigenvalue weighted by Gasteiger charge is 2.17. The second kappa shape index (κ2) is 7.25. The number of hydrogen-bond acceptors (Lipinski definition) is 3. The summed E-state index contributed by atoms with van der Waals surface area (Å²) in [6, 6.07) is 15.5. The third-order valence-electron chi connectivity index (χ3n) is 3.47. The molecule has 0 saturated carbocycles. The summed E-state index contributed by atoms with van der Waals surface area (Å²) >= 11 is 0. The predicted octanol–water partition coefficient (Wildman–Crippen LogP) is 3.37. The van der Waals surface area contributed by atoms with Crippen LogP contribution in [0.1, 0.15) is 22.8 Å². The molecule has 0 spiro atoms. The second-order valence-electron chi connectivity index (χ2n) is 5.51. The van der Waals surface area contributed by atoms with Gasteiger partial charge in [0.1, 0.15) is 11.9 Å². The van der Waals surface area contributed by atoms with Gasteiger partial charge in [-0.15, -0.1) is 0 Å². The minimum absolute atomic E-state index is 0.154. The van der Waals surface area contributed by atoms with Crippen molar-refractivity contribution in [1.82, 2.24) is 4.90 Å². The van der Waals surface area contributed by atoms with Crippen LogP contribution in [0.25, 0.3) is 0 Å². The molecule has 1 N–H and O–H groups in total. The van der Waals surface area contributed by atoms with Gasteiger partial charge < -0.3 is 14.7 Å². The SMILES string of the molecule is Cc1ccccc1C(OCCN(C)C)c1cccc(O)c1. The van der Waals surface area contributed by atoms with Gasteiger partial charge in [0, 0.05) is 6.54 Å². The summed E-state index contributed by atoms with van der Waals surface area (Å²) in [5.41, 5.74) is 3.31. The van der Waals surface area contributed by atoms with Crippen molar-refractivity contribution in [3.63, 3.8) is 0 Å². The summed E-state index contributed by atoms with van der Waals surface area (Å²) in [5.74, 6) is 0.266. The largest absolute Gasteiger partial charge is 0.508 e. The van der Waals surface area contributed by atoms with E-state index in [1.807, 2.05) is 38.4 Å². The first-order chi connectivity index (χ1) is 10.1. The molecule has 21 heavy (non-hydrogen) atoms. The molecule has 0 bridgehead atoms. The Kier molecular flexibility index (Phi) is 5.37. The number of benzene rings is 2. The third kappa shape index (κ3) is 4.31. The Bertz CT molecular complexity index is 581. The van der Waals surface area contributed by atoms with E-state index >= 15 is 0 Å². The van der Waals surface area contributed by atoms with Crippen molar-refractivity contribution >= 4 is 0 Å². The van der Waals surface area contributed by atoms with E-state index in [0.717, 1.165) is 17.7 Å². The van der Waals surface area contributed by atoms with Crippen LogP contribution in [0, 0.1) is 6.92 Å². The Hall–Kier alpha value is -1.84. The third-order valence-corrected chi connectivity index (χ3v) is 3.47. The molecule has 3 heteroatoms. The van der Waals surface area contributed by atoms with Crippen LogP contribution in [0.15, 0.2) is 48.5 Å². The molecule has 112 valence electrons. The zero-order valence-electron chi connectivity index (χ0n) is 12.9. The molecule has 0 aliphatic heterocycles. The van der Waals surface area contributed by atoms with Crippen LogP contribution in [0.5, 0.6) is 5.75 Å². The predicted molar refractivity (Wildman–Crippen MR) is 85.6 cm³/mol. The zero-order valence-corrected chi connectivity index (χ0v) is 12.9. The van der Waals surface area contributed by atoms with Gasteiger partial charge >= 0.3 is 0 Å². The Morgan fingerprint density at radius 1 is 1.10 bits per heavy atom. The first kappa shape index (κ1) is 15.5. The molecule has 0 aromatic heterocycles. The van der Waals surface area contributed by atoms with Gasteiger partial charge in [0.25, 0.3) is 0 Å². The number of phenolic OH excluding ortho intramolecular Hbond substituents is 1. The highest BCUT2D eigenvalue weighted by molar-refractivity contribution is 5.38. The number of hydrogen-bond donors (Lipinski definition) is 1. The molecule has 2 rings (SSSR count). The van der Waals surface area contributed by atoms with E-state index < -0.39 is 0 Å². The molecule has 0 heterocycles. The maximum absolute atomic E-state index is 9.73. The van der Waals surface area contributed by atoms with Crippen molar-refractivity contribution in [2.45, 2.75) is 13.0 Å². The number of nitrogens with zero attached hydrogens (tertiary/aromatic N) is 1. The van der Waals surface area contributed by atoms with Crippen LogP contribution >= 0.6 is 0 Å². The Labute approximate surface area is 126 Å². The Balaban J connectivity index is 2.28. The lowest BCUT2D eigenvalue weighted by Crippen LogP contribution is -2.20. The highest BCUT2D eigenvalue weighted by Crippen LogP contribution is 2.30. The molecule has 1 atom stereocenters. The standard InChI is InChI=1S/C18H23NO2/c1-14-7-4-5-10-17(14)18(21-12-11-19(2)3)15-8-6-9-16(20)13-15/h4-10,13,18,20H,11-12H2,1-3H3. The molecule has 0 fully saturated rings. The van der Waals surface area contributed by atoms with Crippen molar-refractivity contribution < 1.29 is 9.84 Å². The van der Waals surface area contributed by atoms with Crippen molar-refractivity contribution in [2.24, 2.45) is 0 Å². The van der Waals surface area contributed by atoms with Crippen molar-refractivity contribution in [1.29, 1.82) is 0 Å². The molecular formula is C18H23NO2. The van der Waals surface area contributed by atoms with E-state index in [1.165, 1.54) is 5.56 Å². The quantitative estimate of drug-likeness (QED) is 0.883. The van der Waals surface area contributed by atoms with Crippen molar-refractivity contribution in [2.75, 3.05) is 27.2 Å². The summed E-state index contributed by atoms with van der Waals surface area (Å²) < 4.78 is 6.11. The lowest BCUT2D eigenvalue weighted by Gasteiger charge is -2.22. The van der Waals surface area contributed by atoms with E-state index in [1.54, 1.807) is 12.1 Å². The number of ether oxygens (including phenoxy) is 1. The van der Waals surface area contributed by atoms with Gasteiger partial charge in [-0.1, -0.05) is 36.4 Å². The summed E-state index contributed by atoms with van der Waals surface area (Å²) in [5, 5.41) is 9.73. The maximum Gasteiger partial charge on any atom is 0.115 e. The summed E-state index contributed by atoms with van der Waals surface area (Å²) in [6.07, 6.45) is -0.154. The Morgan fingerprint density at radius 2 is 1.86 bits per heavy atom. The van der Waals surface area contributed by atoms with E-state index in [-0.39, 0.29) is 11.9 Å². The van der Waals surface area contributed by atoms with Crippen LogP contribution in [-0.4, -0.2) is 37.3 Å². The highest BCUT2D eigenvalue weighted by atomic mass is 16.5. The minimum atomic E-state index is -0.154. The average molecular weight is 285 g/mol. The first-order valence-electron chi connectivity index (χ1n) is 7.18. The van der Waals surface area contributed by atoms with Gasteiger partial charge in [-0.25, -0.2) is 0 Å². The Morgan fingerprint density at radius 3 is 2.52 bits per heavy atom. The molecule has 0 amide bonds. The number of likely N-dealkylation sites (N-methyl/N-ethyl adjacent to an activating group) is 1. The lowest BCUT2D eigenvalue weighted by molar-refractivity contribution is 0.0682. The molecule has 3 nitrogen and oxygen atoms in total. The molecule has 2 aromatic rings. The minimum Gasteiger partial charge on any atom is -0.508 e. The summed E-state index contributed by atoms with van der Waals surface area (Å²) in [4.78, 5) is 2.09. The monoisotopic (exact) mass is 285 g/mol. The zero-order chi connectivity index (χ0) is 15.2. The van der Waals surface area contributed by atoms with E-state index in [4.69, 9.17) is 4.74 Å². The number of aromatic hydroxyl groups is 1. The normalized spacial score (nSPS) is 12.6. The van der Waals surface area contributed by atoms with Crippen molar-refractivity contribution in [3.8, 4) is 5.75 Å². The summed E-state index contributed by atoms with van der Waals surface area (Å²) in [6.45, 7) is 3.59. The van der Waals surface area contributed by atoms with Crippen LogP contribution in [0.3, 0.4) is 0 Å². The van der Waals surface area contributed by atoms with E-state index in [0.29, 0.717) is 6.61 Å². The van der Waals surface area contributed by atoms with Gasteiger partial charge in [-0.3, -0.25) is 0 Å². The molecule has 1 unspecified atom stereocenters. The average Bonchev–Trinajstić information content (AvgIpc) is 2.44. The van der Waals surface area contributed by atoms with Crippen LogP contribution < -0.4 is 0 Å². The second-order valence-corrected chi connectivity index (χ2v) is 5.51. The van der Waals surface area contributed by atoms with Crippen molar-refractivity contribution in [3.05, 3.63) is 65.2 Å². The first-order valence-corrected chi connectivity index (χ1v) is 7.18. The van der Waals surface area contributed by atoms with Crippen LogP contribution in [-0.2, 0) is 4.74 Å². The van der Waals surface area contributed by atoms with Crippen LogP contribution in [0.4, 0.5) is 0 Å². The number of aryl methyl sites for hydroxylation is 1. The topological polar surface area (TPSA) is 32.7 Å². The van der Waals surface area contributed by atoms with Gasteiger partial charge in [0.05, 0.1) is 6.61 Å². The maximum atomic E-state index is 9.73. The van der Waals surface area contributed by atoms with E-state index in [2.05, 4.69) is 24.0 Å². The molecular weight excluding hydrogens is 262 g/mol. The smallest absolute Gasteiger partial charge is 0.115 e. The van der Waals surface area contributed by atoms with E-state index in [9.17, 15) is 5.11 Å². The lowest BCUT2D eigenvalue weighted by atomic mass is 9.97. The fourth-order valence-corrected chi connectivity index (χ4v) is 2.29. The number of phenols is 1. The molecule has 0 aliphatic rings. The van der Waals surface area contributed by atoms with Gasteiger partial charge in [0.15, 0.2) is 0 Å². The fraction of sp³-hybridized carbons (Fsp3) is 0.333. The van der Waals surface area contributed by atoms with Crippen LogP contribution in [0.2, 0.25) is 0 Å². The molecule has 0 radical (unpaired) electrons. The van der Waals surface area contributed by atoms with Gasteiger partial charge in [-0.2, -0.15) is 0 Å².